The lowest BCUT2D eigenvalue weighted by molar-refractivity contribution is -0.139. The fourth-order valence-corrected chi connectivity index (χ4v) is 0.617. The van der Waals surface area contributed by atoms with Crippen molar-refractivity contribution in [1.82, 2.24) is 5.32 Å². The summed E-state index contributed by atoms with van der Waals surface area (Å²) in [5.74, 6) is -1.07. The van der Waals surface area contributed by atoms with Gasteiger partial charge in [-0.3, -0.25) is 4.79 Å². The van der Waals surface area contributed by atoms with Crippen molar-refractivity contribution >= 4 is 5.97 Å². The lowest BCUT2D eigenvalue weighted by Crippen LogP contribution is -2.17. The zero-order chi connectivity index (χ0) is 5.98. The predicted octanol–water partition coefficient (Wildman–Crippen LogP) is -1.02. The maximum atomic E-state index is 10.1. The van der Waals surface area contributed by atoms with Gasteiger partial charge in [-0.25, -0.2) is 0 Å². The molecular formula is C5H9NO3. The molecule has 0 fully saturated rings. The summed E-state index contributed by atoms with van der Waals surface area (Å²) in [5, 5.41) is 11.1. The van der Waals surface area contributed by atoms with E-state index in [2.05, 4.69) is 5.32 Å². The topological polar surface area (TPSA) is 80.8 Å². The molecule has 1 unspecified atom stereocenters. The first-order chi connectivity index (χ1) is 3.80. The van der Waals surface area contributed by atoms with Crippen LogP contribution >= 0.6 is 0 Å². The second-order valence-electron chi connectivity index (χ2n) is 1.71. The molecular weight excluding hydrogens is 122 g/mol. The molecule has 0 saturated heterocycles. The van der Waals surface area contributed by atoms with Gasteiger partial charge < -0.3 is 15.9 Å². The van der Waals surface area contributed by atoms with Crippen molar-refractivity contribution in [2.45, 2.75) is 0 Å². The molecule has 9 heavy (non-hydrogen) atoms. The van der Waals surface area contributed by atoms with E-state index in [9.17, 15) is 4.79 Å². The van der Waals surface area contributed by atoms with Crippen LogP contribution < -0.4 is 5.32 Å². The van der Waals surface area contributed by atoms with Gasteiger partial charge in [0.05, 0.1) is 5.92 Å². The van der Waals surface area contributed by atoms with E-state index in [1.54, 1.807) is 12.3 Å². The third-order valence-electron chi connectivity index (χ3n) is 1.10. The van der Waals surface area contributed by atoms with Crippen molar-refractivity contribution in [2.24, 2.45) is 5.92 Å². The standard InChI is InChI=1S/C5H7NO2.H2O/c7-5(8)4-1-2-6-3-4;/h1-2,4,6H,3H2,(H,7,8);1H2. The van der Waals surface area contributed by atoms with Crippen molar-refractivity contribution in [3.63, 3.8) is 0 Å². The van der Waals surface area contributed by atoms with Crippen LogP contribution in [0.2, 0.25) is 0 Å². The summed E-state index contributed by atoms with van der Waals surface area (Å²) in [6.07, 6.45) is 3.31. The molecule has 52 valence electrons. The summed E-state index contributed by atoms with van der Waals surface area (Å²) in [7, 11) is 0. The molecule has 0 amide bonds. The first kappa shape index (κ1) is 7.97. The van der Waals surface area contributed by atoms with Gasteiger partial charge in [-0.2, -0.15) is 0 Å². The molecule has 0 aliphatic carbocycles. The van der Waals surface area contributed by atoms with Crippen molar-refractivity contribution in [1.29, 1.82) is 0 Å². The number of nitrogens with one attached hydrogen (secondary N) is 1. The summed E-state index contributed by atoms with van der Waals surface area (Å²) in [6.45, 7) is 0.537. The summed E-state index contributed by atoms with van der Waals surface area (Å²) < 4.78 is 0. The summed E-state index contributed by atoms with van der Waals surface area (Å²) in [4.78, 5) is 10.1. The Balaban J connectivity index is 0.000000640. The van der Waals surface area contributed by atoms with E-state index >= 15 is 0 Å². The zero-order valence-electron chi connectivity index (χ0n) is 4.79. The van der Waals surface area contributed by atoms with Gasteiger partial charge in [0.1, 0.15) is 0 Å². The number of hydrogen-bond donors (Lipinski definition) is 2. The average Bonchev–Trinajstić information content (AvgIpc) is 2.12. The Morgan fingerprint density at radius 2 is 2.44 bits per heavy atom. The van der Waals surface area contributed by atoms with Crippen LogP contribution in [0.15, 0.2) is 12.3 Å². The van der Waals surface area contributed by atoms with Crippen molar-refractivity contribution in [3.8, 4) is 0 Å². The highest BCUT2D eigenvalue weighted by atomic mass is 16.4. The lowest BCUT2D eigenvalue weighted by Gasteiger charge is -1.96. The molecule has 0 aromatic heterocycles. The first-order valence-electron chi connectivity index (χ1n) is 2.43. The Labute approximate surface area is 52.5 Å². The molecule has 1 atom stereocenters. The third kappa shape index (κ3) is 1.73. The minimum Gasteiger partial charge on any atom is -0.481 e. The maximum absolute atomic E-state index is 10.1. The Morgan fingerprint density at radius 3 is 2.67 bits per heavy atom. The maximum Gasteiger partial charge on any atom is 0.312 e. The Kier molecular flexibility index (Phi) is 2.73. The normalized spacial score (nSPS) is 22.4. The van der Waals surface area contributed by atoms with Gasteiger partial charge in [0.25, 0.3) is 0 Å². The van der Waals surface area contributed by atoms with Crippen LogP contribution in [0.4, 0.5) is 0 Å². The van der Waals surface area contributed by atoms with E-state index < -0.39 is 5.97 Å². The highest BCUT2D eigenvalue weighted by Crippen LogP contribution is 2.01. The molecule has 4 nitrogen and oxygen atoms in total. The molecule has 0 bridgehead atoms. The van der Waals surface area contributed by atoms with E-state index in [0.717, 1.165) is 0 Å². The zero-order valence-corrected chi connectivity index (χ0v) is 4.79. The summed E-state index contributed by atoms with van der Waals surface area (Å²) in [6, 6.07) is 0. The SMILES string of the molecule is O.O=C(O)C1C=CNC1. The quantitative estimate of drug-likeness (QED) is 0.478. The van der Waals surface area contributed by atoms with Crippen LogP contribution in [-0.2, 0) is 4.79 Å². The molecule has 1 heterocycles. The highest BCUT2D eigenvalue weighted by Gasteiger charge is 2.15. The Hall–Kier alpha value is -1.03. The van der Waals surface area contributed by atoms with Crippen LogP contribution in [0.5, 0.6) is 0 Å². The highest BCUT2D eigenvalue weighted by molar-refractivity contribution is 5.72. The second-order valence-corrected chi connectivity index (χ2v) is 1.71. The van der Waals surface area contributed by atoms with Gasteiger partial charge in [0.2, 0.25) is 0 Å². The molecule has 4 heteroatoms. The summed E-state index contributed by atoms with van der Waals surface area (Å²) in [5.41, 5.74) is 0. The predicted molar refractivity (Wildman–Crippen MR) is 31.9 cm³/mol. The van der Waals surface area contributed by atoms with Crippen molar-refractivity contribution in [3.05, 3.63) is 12.3 Å². The fraction of sp³-hybridized carbons (Fsp3) is 0.400. The molecule has 0 radical (unpaired) electrons. The van der Waals surface area contributed by atoms with E-state index in [0.29, 0.717) is 6.54 Å². The molecule has 0 aromatic rings. The number of carbonyl (C=O) groups is 1. The molecule has 4 N–H and O–H groups in total. The number of carboxylic acid groups (broad SMARTS) is 1. The van der Waals surface area contributed by atoms with Crippen LogP contribution in [0.1, 0.15) is 0 Å². The number of aliphatic carboxylic acids is 1. The van der Waals surface area contributed by atoms with Crippen LogP contribution in [0.3, 0.4) is 0 Å². The number of hydrogen-bond acceptors (Lipinski definition) is 2. The molecule has 1 rings (SSSR count). The van der Waals surface area contributed by atoms with Gasteiger partial charge in [-0.15, -0.1) is 0 Å². The monoisotopic (exact) mass is 131 g/mol. The summed E-state index contributed by atoms with van der Waals surface area (Å²) >= 11 is 0. The molecule has 0 spiro atoms. The molecule has 0 saturated carbocycles. The average molecular weight is 131 g/mol. The van der Waals surface area contributed by atoms with E-state index in [4.69, 9.17) is 5.11 Å². The molecule has 0 aromatic carbocycles. The van der Waals surface area contributed by atoms with E-state index in [1.165, 1.54) is 0 Å². The van der Waals surface area contributed by atoms with E-state index in [1.807, 2.05) is 0 Å². The van der Waals surface area contributed by atoms with E-state index in [-0.39, 0.29) is 11.4 Å². The largest absolute Gasteiger partial charge is 0.481 e. The third-order valence-corrected chi connectivity index (χ3v) is 1.10. The molecule has 1 aliphatic heterocycles. The van der Waals surface area contributed by atoms with Gasteiger partial charge in [-0.1, -0.05) is 6.08 Å². The van der Waals surface area contributed by atoms with Crippen molar-refractivity contribution in [2.75, 3.05) is 6.54 Å². The van der Waals surface area contributed by atoms with Crippen LogP contribution in [-0.4, -0.2) is 23.1 Å². The number of carboxylic acids is 1. The van der Waals surface area contributed by atoms with Gasteiger partial charge in [0, 0.05) is 6.54 Å². The Bertz CT molecular complexity index is 132. The fourth-order valence-electron chi connectivity index (χ4n) is 0.617. The minimum atomic E-state index is -0.758. The number of rotatable bonds is 1. The van der Waals surface area contributed by atoms with Crippen molar-refractivity contribution < 1.29 is 15.4 Å². The van der Waals surface area contributed by atoms with Gasteiger partial charge in [0.15, 0.2) is 0 Å². The lowest BCUT2D eigenvalue weighted by atomic mass is 10.2. The van der Waals surface area contributed by atoms with Crippen LogP contribution in [0.25, 0.3) is 0 Å². The minimum absolute atomic E-state index is 0. The molecule has 1 aliphatic rings. The first-order valence-corrected chi connectivity index (χ1v) is 2.43. The Morgan fingerprint density at radius 1 is 1.78 bits per heavy atom. The second kappa shape index (κ2) is 3.09. The van der Waals surface area contributed by atoms with Gasteiger partial charge in [-0.05, 0) is 6.20 Å². The van der Waals surface area contributed by atoms with Gasteiger partial charge >= 0.3 is 5.97 Å². The van der Waals surface area contributed by atoms with Crippen LogP contribution in [0, 0.1) is 5.92 Å². The smallest absolute Gasteiger partial charge is 0.312 e.